The first kappa shape index (κ1) is 33.2. The third-order valence-electron chi connectivity index (χ3n) is 7.96. The summed E-state index contributed by atoms with van der Waals surface area (Å²) in [7, 11) is 0.119. The maximum Gasteiger partial charge on any atom is 4.00 e. The van der Waals surface area contributed by atoms with Crippen LogP contribution in [0.1, 0.15) is 64.2 Å². The maximum atomic E-state index is 2.55. The van der Waals surface area contributed by atoms with Crippen LogP contribution in [0.25, 0.3) is 21.5 Å². The van der Waals surface area contributed by atoms with E-state index < -0.39 is 0 Å². The van der Waals surface area contributed by atoms with Crippen LogP contribution in [-0.4, -0.2) is 24.6 Å². The Morgan fingerprint density at radius 1 is 0.595 bits per heavy atom. The van der Waals surface area contributed by atoms with E-state index in [9.17, 15) is 0 Å². The van der Waals surface area contributed by atoms with Gasteiger partial charge in [0, 0.05) is 0 Å². The van der Waals surface area contributed by atoms with E-state index in [2.05, 4.69) is 86.1 Å². The van der Waals surface area contributed by atoms with Crippen molar-refractivity contribution in [3.8, 4) is 0 Å². The molecule has 0 nitrogen and oxygen atoms in total. The largest absolute Gasteiger partial charge is 4.00 e. The zero-order valence-corrected chi connectivity index (χ0v) is 29.2. The van der Waals surface area contributed by atoms with Crippen LogP contribution in [0, 0.1) is 0 Å². The minimum atomic E-state index is 0. The molecule has 0 aliphatic heterocycles. The van der Waals surface area contributed by atoms with E-state index in [-0.39, 0.29) is 66.5 Å². The zero-order valence-electron chi connectivity index (χ0n) is 22.3. The molecule has 0 saturated heterocycles. The molecular formula is C32H40Cl2HfP2. The molecule has 5 heteroatoms. The molecule has 196 valence electrons. The number of fused-ring (bicyclic) bond motifs is 2. The second kappa shape index (κ2) is 16.3. The fraction of sp³-hybridized carbons (Fsp3) is 0.438. The molecule has 0 radical (unpaired) electrons. The van der Waals surface area contributed by atoms with Crippen molar-refractivity contribution < 1.29 is 50.7 Å². The number of benzene rings is 2. The molecule has 2 fully saturated rings. The van der Waals surface area contributed by atoms with Crippen LogP contribution in [0.3, 0.4) is 0 Å². The molecule has 0 amide bonds. The SMILES string of the molecule is CP(C)c1cc2ccccc2[cH-]1.[Cl-].[Cl-].[Hf+4].c1ccc2[cH-]c(P(C3CCCCC3)C3CCCCC3)cc2c1. The van der Waals surface area contributed by atoms with E-state index in [1.54, 1.807) is 5.30 Å². The van der Waals surface area contributed by atoms with Gasteiger partial charge in [0.1, 0.15) is 0 Å². The van der Waals surface area contributed by atoms with Crippen molar-refractivity contribution in [1.82, 2.24) is 0 Å². The molecule has 0 unspecified atom stereocenters. The fourth-order valence-corrected chi connectivity index (χ4v) is 10.8. The predicted molar refractivity (Wildman–Crippen MR) is 158 cm³/mol. The average Bonchev–Trinajstić information content (AvgIpc) is 3.50. The van der Waals surface area contributed by atoms with Gasteiger partial charge in [-0.2, -0.15) is 12.1 Å². The molecule has 2 aliphatic carbocycles. The van der Waals surface area contributed by atoms with Crippen LogP contribution < -0.4 is 35.4 Å². The number of hydrogen-bond donors (Lipinski definition) is 0. The molecule has 0 bridgehead atoms. The Morgan fingerprint density at radius 3 is 1.43 bits per heavy atom. The fourth-order valence-electron chi connectivity index (χ4n) is 6.11. The van der Waals surface area contributed by atoms with E-state index in [1.165, 1.54) is 91.1 Å². The topological polar surface area (TPSA) is 0 Å². The van der Waals surface area contributed by atoms with Crippen LogP contribution in [0.15, 0.2) is 72.8 Å². The molecular weight excluding hydrogens is 696 g/mol. The Hall–Kier alpha value is -0.0299. The van der Waals surface area contributed by atoms with Crippen molar-refractivity contribution >= 4 is 48.0 Å². The third-order valence-corrected chi connectivity index (χ3v) is 12.7. The Bertz CT molecular complexity index is 1100. The van der Waals surface area contributed by atoms with Crippen LogP contribution in [0.2, 0.25) is 0 Å². The molecule has 0 atom stereocenters. The van der Waals surface area contributed by atoms with Gasteiger partial charge in [-0.15, -0.1) is 88.6 Å². The summed E-state index contributed by atoms with van der Waals surface area (Å²) in [5.41, 5.74) is 2.03. The van der Waals surface area contributed by atoms with Gasteiger partial charge in [-0.05, 0) is 50.3 Å². The second-order valence-corrected chi connectivity index (χ2v) is 15.7. The van der Waals surface area contributed by atoms with Gasteiger partial charge in [0.05, 0.1) is 0 Å². The normalized spacial score (nSPS) is 16.5. The van der Waals surface area contributed by atoms with E-state index in [4.69, 9.17) is 0 Å². The number of rotatable bonds is 4. The quantitative estimate of drug-likeness (QED) is 0.172. The Labute approximate surface area is 258 Å². The van der Waals surface area contributed by atoms with E-state index >= 15 is 0 Å². The zero-order chi connectivity index (χ0) is 23.3. The summed E-state index contributed by atoms with van der Waals surface area (Å²) >= 11 is 0. The smallest absolute Gasteiger partial charge is 1.00 e. The Balaban J connectivity index is 0.000000277. The molecule has 4 aromatic rings. The van der Waals surface area contributed by atoms with Crippen LogP contribution in [-0.2, 0) is 25.8 Å². The van der Waals surface area contributed by atoms with Crippen molar-refractivity contribution in [3.63, 3.8) is 0 Å². The van der Waals surface area contributed by atoms with Gasteiger partial charge in [0.25, 0.3) is 0 Å². The van der Waals surface area contributed by atoms with Gasteiger partial charge in [-0.25, -0.2) is 0 Å². The Kier molecular flexibility index (Phi) is 14.6. The van der Waals surface area contributed by atoms with Crippen LogP contribution in [0.5, 0.6) is 0 Å². The van der Waals surface area contributed by atoms with E-state index in [0.29, 0.717) is 0 Å². The summed E-state index contributed by atoms with van der Waals surface area (Å²) in [6.07, 6.45) is 14.9. The van der Waals surface area contributed by atoms with Crippen molar-refractivity contribution in [2.75, 3.05) is 13.3 Å². The molecule has 0 spiro atoms. The van der Waals surface area contributed by atoms with E-state index in [0.717, 1.165) is 11.3 Å². The molecule has 2 saturated carbocycles. The first-order chi connectivity index (χ1) is 16.7. The van der Waals surface area contributed by atoms with E-state index in [1.807, 2.05) is 0 Å². The summed E-state index contributed by atoms with van der Waals surface area (Å²) in [4.78, 5) is 0. The summed E-state index contributed by atoms with van der Waals surface area (Å²) in [5, 5.41) is 8.93. The van der Waals surface area contributed by atoms with Gasteiger partial charge in [0.2, 0.25) is 0 Å². The van der Waals surface area contributed by atoms with Crippen LogP contribution >= 0.6 is 15.8 Å². The molecule has 4 aromatic carbocycles. The van der Waals surface area contributed by atoms with Gasteiger partial charge < -0.3 is 24.8 Å². The minimum absolute atomic E-state index is 0. The van der Waals surface area contributed by atoms with Crippen molar-refractivity contribution in [2.24, 2.45) is 0 Å². The molecule has 37 heavy (non-hydrogen) atoms. The van der Waals surface area contributed by atoms with Crippen molar-refractivity contribution in [2.45, 2.75) is 75.5 Å². The maximum absolute atomic E-state index is 2.55. The number of halogens is 2. The predicted octanol–water partition coefficient (Wildman–Crippen LogP) is 3.26. The summed E-state index contributed by atoms with van der Waals surface area (Å²) in [6.45, 7) is 4.59. The van der Waals surface area contributed by atoms with Gasteiger partial charge in [-0.3, -0.25) is 0 Å². The minimum Gasteiger partial charge on any atom is -1.00 e. The molecule has 0 aromatic heterocycles. The summed E-state index contributed by atoms with van der Waals surface area (Å²) in [5.74, 6) is 0. The first-order valence-corrected chi connectivity index (χ1v) is 17.2. The monoisotopic (exact) mass is 736 g/mol. The molecule has 0 N–H and O–H groups in total. The van der Waals surface area contributed by atoms with Crippen molar-refractivity contribution in [1.29, 1.82) is 0 Å². The third kappa shape index (κ3) is 8.48. The Morgan fingerprint density at radius 2 is 1.00 bits per heavy atom. The number of hydrogen-bond acceptors (Lipinski definition) is 0. The van der Waals surface area contributed by atoms with Crippen molar-refractivity contribution in [3.05, 3.63) is 72.8 Å². The van der Waals surface area contributed by atoms with Gasteiger partial charge in [-0.1, -0.05) is 58.6 Å². The van der Waals surface area contributed by atoms with Gasteiger partial charge in [0.15, 0.2) is 0 Å². The molecule has 2 aliphatic rings. The summed E-state index contributed by atoms with van der Waals surface area (Å²) < 4.78 is 0. The summed E-state index contributed by atoms with van der Waals surface area (Å²) in [6, 6.07) is 27.2. The average molecular weight is 736 g/mol. The molecule has 6 rings (SSSR count). The van der Waals surface area contributed by atoms with Crippen LogP contribution in [0.4, 0.5) is 0 Å². The standard InChI is InChI=1S/C21H28P.C11H12P.2ClH.Hf/c1-3-11-19(12-4-1)22(20-13-5-2-6-14-20)21-15-17-9-7-8-10-18(17)16-21;1-12(2)11-7-9-5-3-4-6-10(9)8-11;;;/h7-10,15-16,19-20H,1-6,11-14H2;3-8H,1-2H3;2*1H;/q2*-1;;;+4/p-2. The first-order valence-electron chi connectivity index (χ1n) is 13.5. The second-order valence-electron chi connectivity index (χ2n) is 10.6. The molecule has 0 heterocycles. The van der Waals surface area contributed by atoms with Gasteiger partial charge >= 0.3 is 25.8 Å².